The third-order valence-electron chi connectivity index (χ3n) is 1.49. The van der Waals surface area contributed by atoms with E-state index in [4.69, 9.17) is 5.53 Å². The van der Waals surface area contributed by atoms with E-state index < -0.39 is 11.6 Å². The number of benzene rings is 1. The summed E-state index contributed by atoms with van der Waals surface area (Å²) < 4.78 is 12.2. The zero-order chi connectivity index (χ0) is 10.6. The van der Waals surface area contributed by atoms with E-state index in [1.54, 1.807) is 0 Å². The van der Waals surface area contributed by atoms with Crippen LogP contribution in [-0.4, -0.2) is 4.92 Å². The molecule has 0 aliphatic heterocycles. The van der Waals surface area contributed by atoms with Gasteiger partial charge >= 0.3 is 0 Å². The molecule has 0 aliphatic rings. The van der Waals surface area contributed by atoms with Crippen LogP contribution in [0.1, 0.15) is 5.56 Å². The zero-order valence-electron chi connectivity index (χ0n) is 6.92. The van der Waals surface area contributed by atoms with E-state index >= 15 is 0 Å². The first-order chi connectivity index (χ1) is 6.67. The molecule has 0 heterocycles. The lowest BCUT2D eigenvalue weighted by molar-refractivity contribution is -0.384. The molecule has 7 heteroatoms. The average Bonchev–Trinajstić information content (AvgIpc) is 2.17. The Labute approximate surface area is 77.7 Å². The van der Waals surface area contributed by atoms with Crippen molar-refractivity contribution < 1.29 is 9.31 Å². The van der Waals surface area contributed by atoms with Crippen molar-refractivity contribution in [3.63, 3.8) is 0 Å². The van der Waals surface area contributed by atoms with E-state index in [9.17, 15) is 14.5 Å². The predicted molar refractivity (Wildman–Crippen MR) is 46.7 cm³/mol. The van der Waals surface area contributed by atoms with Gasteiger partial charge in [0.05, 0.1) is 4.92 Å². The number of hydrogen-bond acceptors (Lipinski definition) is 3. The van der Waals surface area contributed by atoms with Crippen LogP contribution in [0.25, 0.3) is 10.4 Å². The standard InChI is InChI=1S/C7H5FN4O2/c8-4-5-1-6(10-11-9)3-7(2-5)12(13)14/h1-3H,4H2. The van der Waals surface area contributed by atoms with Gasteiger partial charge in [0.2, 0.25) is 0 Å². The van der Waals surface area contributed by atoms with Crippen LogP contribution in [0, 0.1) is 10.1 Å². The van der Waals surface area contributed by atoms with Crippen molar-refractivity contribution in [3.05, 3.63) is 44.3 Å². The van der Waals surface area contributed by atoms with Gasteiger partial charge in [0.25, 0.3) is 5.69 Å². The minimum absolute atomic E-state index is 0.0364. The summed E-state index contributed by atoms with van der Waals surface area (Å²) in [5.41, 5.74) is 7.97. The topological polar surface area (TPSA) is 91.9 Å². The fourth-order valence-corrected chi connectivity index (χ4v) is 0.948. The highest BCUT2D eigenvalue weighted by Gasteiger charge is 2.08. The average molecular weight is 196 g/mol. The molecule has 0 spiro atoms. The normalized spacial score (nSPS) is 9.21. The number of hydrogen-bond donors (Lipinski definition) is 0. The Morgan fingerprint density at radius 3 is 2.79 bits per heavy atom. The summed E-state index contributed by atoms with van der Waals surface area (Å²) in [5, 5.41) is 13.5. The molecule has 0 N–H and O–H groups in total. The molecule has 0 fully saturated rings. The van der Waals surface area contributed by atoms with Gasteiger partial charge in [0, 0.05) is 22.7 Å². The lowest BCUT2D eigenvalue weighted by atomic mass is 10.2. The summed E-state index contributed by atoms with van der Waals surface area (Å²) in [4.78, 5) is 12.2. The Hall–Kier alpha value is -2.14. The minimum Gasteiger partial charge on any atom is -0.258 e. The van der Waals surface area contributed by atoms with Crippen LogP contribution in [0.4, 0.5) is 15.8 Å². The molecule has 14 heavy (non-hydrogen) atoms. The highest BCUT2D eigenvalue weighted by molar-refractivity contribution is 5.50. The van der Waals surface area contributed by atoms with E-state index in [0.29, 0.717) is 0 Å². The van der Waals surface area contributed by atoms with Gasteiger partial charge in [-0.2, -0.15) is 0 Å². The summed E-state index contributed by atoms with van der Waals surface area (Å²) in [5.74, 6) is 0. The first kappa shape index (κ1) is 9.94. The van der Waals surface area contributed by atoms with E-state index in [-0.39, 0.29) is 16.9 Å². The third kappa shape index (κ3) is 2.18. The lowest BCUT2D eigenvalue weighted by Crippen LogP contribution is -1.89. The zero-order valence-corrected chi connectivity index (χ0v) is 6.92. The van der Waals surface area contributed by atoms with Gasteiger partial charge in [0.15, 0.2) is 0 Å². The van der Waals surface area contributed by atoms with Crippen molar-refractivity contribution in [1.82, 2.24) is 0 Å². The minimum atomic E-state index is -0.838. The molecule has 0 aromatic heterocycles. The molecular weight excluding hydrogens is 191 g/mol. The number of nitro groups is 1. The van der Waals surface area contributed by atoms with E-state index in [1.165, 1.54) is 6.07 Å². The van der Waals surface area contributed by atoms with Crippen LogP contribution < -0.4 is 0 Å². The molecule has 0 amide bonds. The van der Waals surface area contributed by atoms with Gasteiger partial charge in [-0.05, 0) is 17.2 Å². The molecular formula is C7H5FN4O2. The highest BCUT2D eigenvalue weighted by Crippen LogP contribution is 2.23. The molecule has 6 nitrogen and oxygen atoms in total. The second kappa shape index (κ2) is 4.20. The smallest absolute Gasteiger partial charge is 0.258 e. The molecule has 1 rings (SSSR count). The van der Waals surface area contributed by atoms with Gasteiger partial charge in [-0.15, -0.1) is 0 Å². The largest absolute Gasteiger partial charge is 0.270 e. The summed E-state index contributed by atoms with van der Waals surface area (Å²) in [6, 6.07) is 3.43. The van der Waals surface area contributed by atoms with Gasteiger partial charge in [-0.3, -0.25) is 10.1 Å². The number of nitro benzene ring substituents is 1. The molecule has 0 unspecified atom stereocenters. The van der Waals surface area contributed by atoms with E-state index in [1.807, 2.05) is 0 Å². The Bertz CT molecular complexity index is 394. The number of alkyl halides is 1. The van der Waals surface area contributed by atoms with Gasteiger partial charge in [0.1, 0.15) is 6.67 Å². The van der Waals surface area contributed by atoms with E-state index in [2.05, 4.69) is 10.0 Å². The molecule has 72 valence electrons. The summed E-state index contributed by atoms with van der Waals surface area (Å²) in [7, 11) is 0. The number of nitrogens with zero attached hydrogens (tertiary/aromatic N) is 4. The van der Waals surface area contributed by atoms with Crippen molar-refractivity contribution in [2.45, 2.75) is 6.67 Å². The van der Waals surface area contributed by atoms with Crippen molar-refractivity contribution in [2.75, 3.05) is 0 Å². The maximum atomic E-state index is 12.2. The van der Waals surface area contributed by atoms with Crippen LogP contribution >= 0.6 is 0 Å². The predicted octanol–water partition coefficient (Wildman–Crippen LogP) is 3.01. The first-order valence-electron chi connectivity index (χ1n) is 3.57. The molecule has 0 saturated carbocycles. The van der Waals surface area contributed by atoms with E-state index in [0.717, 1.165) is 12.1 Å². The molecule has 0 bridgehead atoms. The van der Waals surface area contributed by atoms with Crippen LogP contribution in [-0.2, 0) is 6.67 Å². The molecule has 1 aromatic carbocycles. The molecule has 0 saturated heterocycles. The fraction of sp³-hybridized carbons (Fsp3) is 0.143. The highest BCUT2D eigenvalue weighted by atomic mass is 19.1. The molecule has 0 aliphatic carbocycles. The Balaban J connectivity index is 3.26. The van der Waals surface area contributed by atoms with Crippen LogP contribution in [0.5, 0.6) is 0 Å². The lowest BCUT2D eigenvalue weighted by Gasteiger charge is -1.97. The fourth-order valence-electron chi connectivity index (χ4n) is 0.948. The van der Waals surface area contributed by atoms with Crippen LogP contribution in [0.2, 0.25) is 0 Å². The summed E-state index contributed by atoms with van der Waals surface area (Å²) in [6.07, 6.45) is 0. The Morgan fingerprint density at radius 1 is 1.57 bits per heavy atom. The maximum absolute atomic E-state index is 12.2. The first-order valence-corrected chi connectivity index (χ1v) is 3.57. The second-order valence-corrected chi connectivity index (χ2v) is 2.44. The molecule has 0 atom stereocenters. The summed E-state index contributed by atoms with van der Waals surface area (Å²) in [6.45, 7) is -0.838. The number of rotatable bonds is 3. The van der Waals surface area contributed by atoms with Crippen molar-refractivity contribution in [2.24, 2.45) is 5.11 Å². The Morgan fingerprint density at radius 2 is 2.29 bits per heavy atom. The van der Waals surface area contributed by atoms with Crippen LogP contribution in [0.3, 0.4) is 0 Å². The number of halogens is 1. The van der Waals surface area contributed by atoms with Gasteiger partial charge < -0.3 is 0 Å². The Kier molecular flexibility index (Phi) is 2.98. The SMILES string of the molecule is [N-]=[N+]=Nc1cc(CF)cc([N+](=O)[O-])c1. The molecule has 0 radical (unpaired) electrons. The number of non-ortho nitro benzene ring substituents is 1. The maximum Gasteiger partial charge on any atom is 0.270 e. The third-order valence-corrected chi connectivity index (χ3v) is 1.49. The van der Waals surface area contributed by atoms with Gasteiger partial charge in [-0.1, -0.05) is 5.11 Å². The van der Waals surface area contributed by atoms with Gasteiger partial charge in [-0.25, -0.2) is 4.39 Å². The van der Waals surface area contributed by atoms with Crippen molar-refractivity contribution in [1.29, 1.82) is 0 Å². The quantitative estimate of drug-likeness (QED) is 0.244. The molecule has 1 aromatic rings. The van der Waals surface area contributed by atoms with Crippen molar-refractivity contribution >= 4 is 11.4 Å². The number of azide groups is 1. The summed E-state index contributed by atoms with van der Waals surface area (Å²) >= 11 is 0. The van der Waals surface area contributed by atoms with Crippen LogP contribution in [0.15, 0.2) is 23.3 Å². The second-order valence-electron chi connectivity index (χ2n) is 2.44. The monoisotopic (exact) mass is 196 g/mol. The van der Waals surface area contributed by atoms with Crippen molar-refractivity contribution in [3.8, 4) is 0 Å².